The molecule has 0 saturated carbocycles. The lowest BCUT2D eigenvalue weighted by Crippen LogP contribution is -2.45. The lowest BCUT2D eigenvalue weighted by molar-refractivity contribution is -0.122. The highest BCUT2D eigenvalue weighted by Gasteiger charge is 2.24. The number of carbonyl (C=O) groups excluding carboxylic acids is 1. The fraction of sp³-hybridized carbons (Fsp3) is 0.900. The third-order valence-corrected chi connectivity index (χ3v) is 4.11. The van der Waals surface area contributed by atoms with E-state index in [1.807, 2.05) is 6.92 Å². The van der Waals surface area contributed by atoms with Gasteiger partial charge in [-0.25, -0.2) is 8.42 Å². The standard InChI is InChI=1S/C10H20N2O4S/c1-8(9-5-4-6-16-9)11-10(13)7-12(2)17(3,14)15/h8-9H,4-7H2,1-3H3,(H,11,13)/t8-,9+/m1/s1. The number of nitrogens with one attached hydrogen (secondary N) is 1. The Morgan fingerprint density at radius 1 is 1.59 bits per heavy atom. The number of rotatable bonds is 5. The SMILES string of the molecule is C[C@@H](NC(=O)CN(C)S(C)(=O)=O)[C@@H]1CCCO1. The van der Waals surface area contributed by atoms with Gasteiger partial charge >= 0.3 is 0 Å². The molecule has 0 unspecified atom stereocenters. The Balaban J connectivity index is 2.38. The van der Waals surface area contributed by atoms with Gasteiger partial charge in [0.2, 0.25) is 15.9 Å². The van der Waals surface area contributed by atoms with Crippen molar-refractivity contribution in [2.75, 3.05) is 26.5 Å². The Labute approximate surface area is 102 Å². The molecule has 0 bridgehead atoms. The largest absolute Gasteiger partial charge is 0.376 e. The second-order valence-corrected chi connectivity index (χ2v) is 6.52. The number of hydrogen-bond acceptors (Lipinski definition) is 4. The van der Waals surface area contributed by atoms with E-state index in [9.17, 15) is 13.2 Å². The summed E-state index contributed by atoms with van der Waals surface area (Å²) in [7, 11) is -1.93. The molecule has 1 aliphatic heterocycles. The van der Waals surface area contributed by atoms with Crippen LogP contribution in [-0.4, -0.2) is 57.2 Å². The topological polar surface area (TPSA) is 75.7 Å². The molecule has 7 heteroatoms. The van der Waals surface area contributed by atoms with E-state index in [0.29, 0.717) is 0 Å². The van der Waals surface area contributed by atoms with E-state index in [0.717, 1.165) is 30.0 Å². The van der Waals surface area contributed by atoms with Gasteiger partial charge in [-0.1, -0.05) is 0 Å². The van der Waals surface area contributed by atoms with Crippen molar-refractivity contribution < 1.29 is 17.9 Å². The fourth-order valence-electron chi connectivity index (χ4n) is 1.71. The van der Waals surface area contributed by atoms with Gasteiger partial charge in [0.25, 0.3) is 0 Å². The molecule has 1 aliphatic rings. The predicted molar refractivity (Wildman–Crippen MR) is 64.1 cm³/mol. The van der Waals surface area contributed by atoms with Crippen molar-refractivity contribution in [3.63, 3.8) is 0 Å². The van der Waals surface area contributed by atoms with Crippen molar-refractivity contribution in [3.8, 4) is 0 Å². The second kappa shape index (κ2) is 5.79. The number of hydrogen-bond donors (Lipinski definition) is 1. The van der Waals surface area contributed by atoms with Gasteiger partial charge in [0, 0.05) is 13.7 Å². The summed E-state index contributed by atoms with van der Waals surface area (Å²) in [5.74, 6) is -0.305. The van der Waals surface area contributed by atoms with Crippen LogP contribution in [0.5, 0.6) is 0 Å². The van der Waals surface area contributed by atoms with Crippen molar-refractivity contribution in [3.05, 3.63) is 0 Å². The quantitative estimate of drug-likeness (QED) is 0.730. The van der Waals surface area contributed by atoms with Crippen LogP contribution in [0.1, 0.15) is 19.8 Å². The first-order valence-corrected chi connectivity index (χ1v) is 7.48. The summed E-state index contributed by atoms with van der Waals surface area (Å²) in [6.07, 6.45) is 3.06. The predicted octanol–water partition coefficient (Wildman–Crippen LogP) is -0.438. The monoisotopic (exact) mass is 264 g/mol. The van der Waals surface area contributed by atoms with Crippen LogP contribution in [0.2, 0.25) is 0 Å². The summed E-state index contributed by atoms with van der Waals surface area (Å²) in [6, 6.07) is -0.0852. The zero-order valence-electron chi connectivity index (χ0n) is 10.5. The van der Waals surface area contributed by atoms with Gasteiger partial charge in [-0.2, -0.15) is 4.31 Å². The molecule has 100 valence electrons. The lowest BCUT2D eigenvalue weighted by atomic mass is 10.1. The van der Waals surface area contributed by atoms with Crippen molar-refractivity contribution in [1.29, 1.82) is 0 Å². The molecule has 0 aromatic heterocycles. The minimum atomic E-state index is -3.31. The third-order valence-electron chi connectivity index (χ3n) is 2.84. The summed E-state index contributed by atoms with van der Waals surface area (Å²) in [4.78, 5) is 11.6. The maximum absolute atomic E-state index is 11.6. The third kappa shape index (κ3) is 4.61. The lowest BCUT2D eigenvalue weighted by Gasteiger charge is -2.21. The molecular weight excluding hydrogens is 244 g/mol. The van der Waals surface area contributed by atoms with Crippen molar-refractivity contribution in [2.24, 2.45) is 0 Å². The summed E-state index contributed by atoms with van der Waals surface area (Å²) >= 11 is 0. The Bertz CT molecular complexity index is 363. The molecule has 17 heavy (non-hydrogen) atoms. The van der Waals surface area contributed by atoms with Gasteiger partial charge in [-0.3, -0.25) is 4.79 Å². The van der Waals surface area contributed by atoms with E-state index in [1.165, 1.54) is 7.05 Å². The van der Waals surface area contributed by atoms with Gasteiger partial charge in [0.1, 0.15) is 0 Å². The molecule has 1 fully saturated rings. The highest BCUT2D eigenvalue weighted by Crippen LogP contribution is 2.15. The number of carbonyl (C=O) groups is 1. The van der Waals surface area contributed by atoms with Crippen LogP contribution < -0.4 is 5.32 Å². The summed E-state index contributed by atoms with van der Waals surface area (Å²) < 4.78 is 28.7. The molecule has 0 aromatic rings. The van der Waals surface area contributed by atoms with Crippen LogP contribution in [0.25, 0.3) is 0 Å². The van der Waals surface area contributed by atoms with Gasteiger partial charge in [-0.05, 0) is 19.8 Å². The molecule has 0 radical (unpaired) electrons. The highest BCUT2D eigenvalue weighted by atomic mass is 32.2. The number of nitrogens with zero attached hydrogens (tertiary/aromatic N) is 1. The number of amides is 1. The smallest absolute Gasteiger partial charge is 0.235 e. The molecule has 0 aliphatic carbocycles. The van der Waals surface area contributed by atoms with E-state index in [4.69, 9.17) is 4.74 Å². The summed E-state index contributed by atoms with van der Waals surface area (Å²) in [5.41, 5.74) is 0. The minimum Gasteiger partial charge on any atom is -0.376 e. The Morgan fingerprint density at radius 2 is 2.24 bits per heavy atom. The van der Waals surface area contributed by atoms with Crippen LogP contribution in [0.15, 0.2) is 0 Å². The molecule has 1 rings (SSSR count). The molecule has 0 spiro atoms. The molecule has 1 saturated heterocycles. The van der Waals surface area contributed by atoms with E-state index in [-0.39, 0.29) is 24.6 Å². The maximum Gasteiger partial charge on any atom is 0.235 e. The van der Waals surface area contributed by atoms with Crippen LogP contribution >= 0.6 is 0 Å². The van der Waals surface area contributed by atoms with Gasteiger partial charge in [-0.15, -0.1) is 0 Å². The summed E-state index contributed by atoms with van der Waals surface area (Å²) in [6.45, 7) is 2.44. The fourth-order valence-corrected chi connectivity index (χ4v) is 2.06. The highest BCUT2D eigenvalue weighted by molar-refractivity contribution is 7.88. The van der Waals surface area contributed by atoms with Gasteiger partial charge in [0.05, 0.1) is 24.9 Å². The Hall–Kier alpha value is -0.660. The Kier molecular flexibility index (Phi) is 4.91. The average molecular weight is 264 g/mol. The van der Waals surface area contributed by atoms with Crippen LogP contribution in [0.3, 0.4) is 0 Å². The first-order valence-electron chi connectivity index (χ1n) is 5.63. The van der Waals surface area contributed by atoms with Crippen LogP contribution in [0, 0.1) is 0 Å². The van der Waals surface area contributed by atoms with Gasteiger partial charge in [0.15, 0.2) is 0 Å². The average Bonchev–Trinajstić information content (AvgIpc) is 2.68. The first-order chi connectivity index (χ1) is 7.80. The van der Waals surface area contributed by atoms with Crippen molar-refractivity contribution in [2.45, 2.75) is 31.9 Å². The van der Waals surface area contributed by atoms with Crippen LogP contribution in [-0.2, 0) is 19.6 Å². The van der Waals surface area contributed by atoms with E-state index >= 15 is 0 Å². The zero-order valence-corrected chi connectivity index (χ0v) is 11.3. The van der Waals surface area contributed by atoms with Crippen molar-refractivity contribution >= 4 is 15.9 Å². The number of sulfonamides is 1. The van der Waals surface area contributed by atoms with Gasteiger partial charge < -0.3 is 10.1 Å². The van der Waals surface area contributed by atoms with E-state index in [2.05, 4.69) is 5.32 Å². The van der Waals surface area contributed by atoms with Crippen LogP contribution in [0.4, 0.5) is 0 Å². The summed E-state index contributed by atoms with van der Waals surface area (Å²) in [5, 5.41) is 2.75. The Morgan fingerprint density at radius 3 is 2.71 bits per heavy atom. The molecular formula is C10H20N2O4S. The molecule has 1 heterocycles. The number of ether oxygens (including phenoxy) is 1. The minimum absolute atomic E-state index is 0.0440. The molecule has 1 amide bonds. The zero-order chi connectivity index (χ0) is 13.1. The number of likely N-dealkylation sites (N-methyl/N-ethyl adjacent to an activating group) is 1. The van der Waals surface area contributed by atoms with Crippen molar-refractivity contribution in [1.82, 2.24) is 9.62 Å². The molecule has 6 nitrogen and oxygen atoms in total. The van der Waals surface area contributed by atoms with E-state index < -0.39 is 10.0 Å². The molecule has 0 aromatic carbocycles. The van der Waals surface area contributed by atoms with E-state index in [1.54, 1.807) is 0 Å². The molecule has 1 N–H and O–H groups in total. The second-order valence-electron chi connectivity index (χ2n) is 4.43. The molecule has 2 atom stereocenters. The normalized spacial score (nSPS) is 22.7. The first kappa shape index (κ1) is 14.4. The maximum atomic E-state index is 11.6.